The maximum atomic E-state index is 13.0. The summed E-state index contributed by atoms with van der Waals surface area (Å²) in [6.07, 6.45) is 1.69. The first-order chi connectivity index (χ1) is 11.9. The van der Waals surface area contributed by atoms with Gasteiger partial charge in [0, 0.05) is 13.7 Å². The maximum absolute atomic E-state index is 13.0. The molecule has 1 aromatic carbocycles. The second-order valence-corrected chi connectivity index (χ2v) is 6.14. The average molecular weight is 344 g/mol. The molecule has 0 amide bonds. The fourth-order valence-corrected chi connectivity index (χ4v) is 3.16. The van der Waals surface area contributed by atoms with Crippen molar-refractivity contribution in [2.45, 2.75) is 47.5 Å². The molecular formula is C20H28N2O3. The summed E-state index contributed by atoms with van der Waals surface area (Å²) >= 11 is 0. The first-order valence-corrected chi connectivity index (χ1v) is 8.85. The van der Waals surface area contributed by atoms with Crippen LogP contribution >= 0.6 is 0 Å². The van der Waals surface area contributed by atoms with E-state index < -0.39 is 0 Å². The van der Waals surface area contributed by atoms with Gasteiger partial charge in [-0.15, -0.1) is 0 Å². The molecule has 0 N–H and O–H groups in total. The first-order valence-electron chi connectivity index (χ1n) is 8.85. The number of hydrogen-bond donors (Lipinski definition) is 0. The maximum Gasteiger partial charge on any atom is 0.278 e. The molecule has 2 rings (SSSR count). The van der Waals surface area contributed by atoms with Crippen LogP contribution in [0.25, 0.3) is 11.1 Å². The van der Waals surface area contributed by atoms with E-state index in [0.717, 1.165) is 29.5 Å². The Kier molecular flexibility index (Phi) is 6.37. The highest BCUT2D eigenvalue weighted by atomic mass is 16.7. The SMILES string of the molecule is CCOCOc1c(C)nn(C)c(=O)c1-c1c(CC)cc(C)cc1CC. The summed E-state index contributed by atoms with van der Waals surface area (Å²) in [5.74, 6) is 0.518. The van der Waals surface area contributed by atoms with Gasteiger partial charge in [-0.3, -0.25) is 4.79 Å². The molecule has 2 aromatic rings. The van der Waals surface area contributed by atoms with E-state index in [9.17, 15) is 4.79 Å². The molecule has 0 aliphatic heterocycles. The van der Waals surface area contributed by atoms with Crippen molar-refractivity contribution in [3.63, 3.8) is 0 Å². The third kappa shape index (κ3) is 3.93. The molecule has 0 unspecified atom stereocenters. The first kappa shape index (κ1) is 19.2. The Morgan fingerprint density at radius 1 is 1.04 bits per heavy atom. The highest BCUT2D eigenvalue weighted by molar-refractivity contribution is 5.77. The predicted octanol–water partition coefficient (Wildman–Crippen LogP) is 3.56. The Morgan fingerprint density at radius 3 is 2.16 bits per heavy atom. The van der Waals surface area contributed by atoms with Crippen LogP contribution in [0.1, 0.15) is 43.2 Å². The zero-order valence-electron chi connectivity index (χ0n) is 16.1. The van der Waals surface area contributed by atoms with Crippen LogP contribution < -0.4 is 10.3 Å². The normalized spacial score (nSPS) is 11.0. The Labute approximate surface area is 149 Å². The van der Waals surface area contributed by atoms with E-state index in [4.69, 9.17) is 9.47 Å². The molecule has 1 aromatic heterocycles. The fourth-order valence-electron chi connectivity index (χ4n) is 3.16. The molecule has 5 nitrogen and oxygen atoms in total. The third-order valence-electron chi connectivity index (χ3n) is 4.31. The van der Waals surface area contributed by atoms with Crippen LogP contribution in [0.2, 0.25) is 0 Å². The number of hydrogen-bond acceptors (Lipinski definition) is 4. The van der Waals surface area contributed by atoms with Gasteiger partial charge >= 0.3 is 0 Å². The van der Waals surface area contributed by atoms with Crippen LogP contribution in [-0.4, -0.2) is 23.2 Å². The van der Waals surface area contributed by atoms with Gasteiger partial charge in [0.1, 0.15) is 5.69 Å². The van der Waals surface area contributed by atoms with Gasteiger partial charge in [-0.25, -0.2) is 4.68 Å². The predicted molar refractivity (Wildman–Crippen MR) is 100 cm³/mol. The molecule has 0 fully saturated rings. The molecule has 0 saturated heterocycles. The molecule has 5 heteroatoms. The van der Waals surface area contributed by atoms with Crippen molar-refractivity contribution in [3.8, 4) is 16.9 Å². The summed E-state index contributed by atoms with van der Waals surface area (Å²) in [5.41, 5.74) is 5.61. The van der Waals surface area contributed by atoms with Crippen LogP contribution in [0.3, 0.4) is 0 Å². The zero-order valence-corrected chi connectivity index (χ0v) is 16.1. The highest BCUT2D eigenvalue weighted by Crippen LogP contribution is 2.35. The summed E-state index contributed by atoms with van der Waals surface area (Å²) in [6.45, 7) is 10.7. The molecule has 0 atom stereocenters. The third-order valence-corrected chi connectivity index (χ3v) is 4.31. The topological polar surface area (TPSA) is 53.4 Å². The Morgan fingerprint density at radius 2 is 1.64 bits per heavy atom. The van der Waals surface area contributed by atoms with Crippen molar-refractivity contribution in [1.29, 1.82) is 0 Å². The molecular weight excluding hydrogens is 316 g/mol. The molecule has 0 bridgehead atoms. The van der Waals surface area contributed by atoms with Crippen LogP contribution in [0.15, 0.2) is 16.9 Å². The van der Waals surface area contributed by atoms with Gasteiger partial charge in [0.25, 0.3) is 5.56 Å². The van der Waals surface area contributed by atoms with Crippen molar-refractivity contribution in [1.82, 2.24) is 9.78 Å². The van der Waals surface area contributed by atoms with Crippen LogP contribution in [0, 0.1) is 13.8 Å². The minimum atomic E-state index is -0.148. The summed E-state index contributed by atoms with van der Waals surface area (Å²) in [6, 6.07) is 4.30. The summed E-state index contributed by atoms with van der Waals surface area (Å²) in [4.78, 5) is 13.0. The highest BCUT2D eigenvalue weighted by Gasteiger charge is 2.22. The summed E-state index contributed by atoms with van der Waals surface area (Å²) in [7, 11) is 1.68. The average Bonchev–Trinajstić information content (AvgIpc) is 2.59. The Hall–Kier alpha value is -2.14. The van der Waals surface area contributed by atoms with E-state index in [1.54, 1.807) is 7.05 Å². The lowest BCUT2D eigenvalue weighted by Gasteiger charge is -2.19. The van der Waals surface area contributed by atoms with E-state index in [-0.39, 0.29) is 12.4 Å². The molecule has 25 heavy (non-hydrogen) atoms. The second kappa shape index (κ2) is 8.30. The Bertz CT molecular complexity index is 784. The lowest BCUT2D eigenvalue weighted by Crippen LogP contribution is -2.25. The van der Waals surface area contributed by atoms with Gasteiger partial charge in [0.05, 0.1) is 5.56 Å². The number of rotatable bonds is 7. The van der Waals surface area contributed by atoms with Gasteiger partial charge in [-0.2, -0.15) is 5.10 Å². The van der Waals surface area contributed by atoms with E-state index in [2.05, 4.69) is 38.0 Å². The van der Waals surface area contributed by atoms with Gasteiger partial charge < -0.3 is 9.47 Å². The van der Waals surface area contributed by atoms with Crippen LogP contribution in [0.5, 0.6) is 5.75 Å². The molecule has 0 aliphatic carbocycles. The molecule has 0 radical (unpaired) electrons. The fraction of sp³-hybridized carbons (Fsp3) is 0.500. The standard InChI is InChI=1S/C20H28N2O3/c1-7-15-10-13(4)11-16(8-2)17(15)18-19(25-12-24-9-3)14(5)21-22(6)20(18)23/h10-11H,7-9,12H2,1-6H3. The van der Waals surface area contributed by atoms with Crippen molar-refractivity contribution in [3.05, 3.63) is 44.9 Å². The smallest absolute Gasteiger partial charge is 0.278 e. The van der Waals surface area contributed by atoms with E-state index in [1.165, 1.54) is 10.2 Å². The van der Waals surface area contributed by atoms with Gasteiger partial charge in [0.15, 0.2) is 12.5 Å². The molecule has 1 heterocycles. The minimum Gasteiger partial charge on any atom is -0.465 e. The summed E-state index contributed by atoms with van der Waals surface area (Å²) in [5, 5.41) is 4.29. The number of nitrogens with zero attached hydrogens (tertiary/aromatic N) is 2. The molecule has 0 saturated carbocycles. The van der Waals surface area contributed by atoms with Gasteiger partial charge in [0.2, 0.25) is 0 Å². The van der Waals surface area contributed by atoms with Gasteiger partial charge in [-0.05, 0) is 50.3 Å². The monoisotopic (exact) mass is 344 g/mol. The zero-order chi connectivity index (χ0) is 18.6. The van der Waals surface area contributed by atoms with Gasteiger partial charge in [-0.1, -0.05) is 31.5 Å². The minimum absolute atomic E-state index is 0.105. The molecule has 0 spiro atoms. The lowest BCUT2D eigenvalue weighted by atomic mass is 9.90. The largest absolute Gasteiger partial charge is 0.465 e. The lowest BCUT2D eigenvalue weighted by molar-refractivity contribution is 0.0218. The summed E-state index contributed by atoms with van der Waals surface area (Å²) < 4.78 is 12.5. The van der Waals surface area contributed by atoms with E-state index >= 15 is 0 Å². The number of benzene rings is 1. The molecule has 0 aliphatic rings. The van der Waals surface area contributed by atoms with Crippen molar-refractivity contribution in [2.24, 2.45) is 7.05 Å². The van der Waals surface area contributed by atoms with Crippen molar-refractivity contribution >= 4 is 0 Å². The quantitative estimate of drug-likeness (QED) is 0.569. The number of aryl methyl sites for hydroxylation is 5. The van der Waals surface area contributed by atoms with E-state index in [0.29, 0.717) is 23.6 Å². The van der Waals surface area contributed by atoms with E-state index in [1.807, 2.05) is 13.8 Å². The van der Waals surface area contributed by atoms with Crippen molar-refractivity contribution < 1.29 is 9.47 Å². The molecule has 136 valence electrons. The van der Waals surface area contributed by atoms with Crippen LogP contribution in [0.4, 0.5) is 0 Å². The van der Waals surface area contributed by atoms with Crippen LogP contribution in [-0.2, 0) is 24.6 Å². The van der Waals surface area contributed by atoms with Crippen molar-refractivity contribution in [2.75, 3.05) is 13.4 Å². The Balaban J connectivity index is 2.80. The number of ether oxygens (including phenoxy) is 2. The second-order valence-electron chi connectivity index (χ2n) is 6.14. The number of aromatic nitrogens is 2.